The van der Waals surface area contributed by atoms with Gasteiger partial charge in [0.25, 0.3) is 0 Å². The minimum Gasteiger partial charge on any atom is -0.497 e. The van der Waals surface area contributed by atoms with E-state index in [2.05, 4.69) is 10.2 Å². The maximum Gasteiger partial charge on any atom is 0.322 e. The molecule has 1 saturated heterocycles. The second-order valence-electron chi connectivity index (χ2n) is 6.46. The predicted molar refractivity (Wildman–Crippen MR) is 94.0 cm³/mol. The smallest absolute Gasteiger partial charge is 0.322 e. The standard InChI is InChI=1S/C18H27N3O3/c1-23-15-7-8-17(24-2)16(13-15)19-18(22)21-11-9-20(10-12-21)14-5-3-4-6-14/h7-8,13-14H,3-6,9-12H2,1-2H3,(H,19,22). The van der Waals surface area contributed by atoms with Crippen molar-refractivity contribution in [3.63, 3.8) is 0 Å². The van der Waals surface area contributed by atoms with Crippen LogP contribution >= 0.6 is 0 Å². The zero-order chi connectivity index (χ0) is 16.9. The van der Waals surface area contributed by atoms with Crippen molar-refractivity contribution >= 4 is 11.7 Å². The summed E-state index contributed by atoms with van der Waals surface area (Å²) in [5.74, 6) is 1.32. The molecule has 132 valence electrons. The third-order valence-electron chi connectivity index (χ3n) is 5.09. The Morgan fingerprint density at radius 2 is 1.79 bits per heavy atom. The quantitative estimate of drug-likeness (QED) is 0.920. The molecule has 2 fully saturated rings. The van der Waals surface area contributed by atoms with E-state index in [4.69, 9.17) is 9.47 Å². The van der Waals surface area contributed by atoms with Gasteiger partial charge >= 0.3 is 6.03 Å². The Kier molecular flexibility index (Phi) is 5.45. The fourth-order valence-corrected chi connectivity index (χ4v) is 3.67. The Hall–Kier alpha value is -1.95. The topological polar surface area (TPSA) is 54.0 Å². The van der Waals surface area contributed by atoms with Crippen molar-refractivity contribution in [2.24, 2.45) is 0 Å². The highest BCUT2D eigenvalue weighted by Crippen LogP contribution is 2.29. The molecule has 0 bridgehead atoms. The summed E-state index contributed by atoms with van der Waals surface area (Å²) in [7, 11) is 3.20. The van der Waals surface area contributed by atoms with E-state index in [1.54, 1.807) is 26.4 Å². The third kappa shape index (κ3) is 3.75. The van der Waals surface area contributed by atoms with Crippen LogP contribution in [0.5, 0.6) is 11.5 Å². The predicted octanol–water partition coefficient (Wildman–Crippen LogP) is 2.80. The highest BCUT2D eigenvalue weighted by Gasteiger charge is 2.28. The molecular formula is C18H27N3O3. The van der Waals surface area contributed by atoms with Crippen molar-refractivity contribution in [2.75, 3.05) is 45.7 Å². The second kappa shape index (κ2) is 7.75. The Bertz CT molecular complexity index is 565. The maximum atomic E-state index is 12.6. The van der Waals surface area contributed by atoms with Gasteiger partial charge in [0.1, 0.15) is 11.5 Å². The molecule has 1 aliphatic carbocycles. The number of benzene rings is 1. The van der Waals surface area contributed by atoms with Crippen LogP contribution in [0, 0.1) is 0 Å². The average molecular weight is 333 g/mol. The first-order valence-corrected chi connectivity index (χ1v) is 8.73. The fourth-order valence-electron chi connectivity index (χ4n) is 3.67. The monoisotopic (exact) mass is 333 g/mol. The Labute approximate surface area is 143 Å². The molecule has 2 amide bonds. The number of carbonyl (C=O) groups is 1. The number of amides is 2. The Morgan fingerprint density at radius 1 is 1.08 bits per heavy atom. The number of methoxy groups -OCH3 is 2. The van der Waals surface area contributed by atoms with E-state index in [0.717, 1.165) is 32.2 Å². The van der Waals surface area contributed by atoms with Crippen LogP contribution in [-0.4, -0.2) is 62.3 Å². The number of piperazine rings is 1. The summed E-state index contributed by atoms with van der Waals surface area (Å²) in [4.78, 5) is 17.0. The van der Waals surface area contributed by atoms with Gasteiger partial charge in [-0.05, 0) is 25.0 Å². The number of rotatable bonds is 4. The minimum absolute atomic E-state index is 0.0763. The van der Waals surface area contributed by atoms with Crippen molar-refractivity contribution in [3.05, 3.63) is 18.2 Å². The van der Waals surface area contributed by atoms with Crippen molar-refractivity contribution in [1.29, 1.82) is 0 Å². The summed E-state index contributed by atoms with van der Waals surface area (Å²) >= 11 is 0. The molecule has 0 unspecified atom stereocenters. The van der Waals surface area contributed by atoms with E-state index in [0.29, 0.717) is 17.2 Å². The minimum atomic E-state index is -0.0763. The molecule has 0 spiro atoms. The zero-order valence-electron chi connectivity index (χ0n) is 14.6. The number of anilines is 1. The van der Waals surface area contributed by atoms with Crippen LogP contribution in [0.15, 0.2) is 18.2 Å². The Morgan fingerprint density at radius 3 is 2.42 bits per heavy atom. The molecule has 1 aliphatic heterocycles. The average Bonchev–Trinajstić information content (AvgIpc) is 3.16. The largest absolute Gasteiger partial charge is 0.497 e. The fraction of sp³-hybridized carbons (Fsp3) is 0.611. The number of nitrogens with one attached hydrogen (secondary N) is 1. The van der Waals surface area contributed by atoms with E-state index in [1.165, 1.54) is 25.7 Å². The third-order valence-corrected chi connectivity index (χ3v) is 5.09. The van der Waals surface area contributed by atoms with Crippen molar-refractivity contribution in [3.8, 4) is 11.5 Å². The zero-order valence-corrected chi connectivity index (χ0v) is 14.6. The SMILES string of the molecule is COc1ccc(OC)c(NC(=O)N2CCN(C3CCCC3)CC2)c1. The summed E-state index contributed by atoms with van der Waals surface area (Å²) in [5, 5.41) is 2.95. The van der Waals surface area contributed by atoms with E-state index in [9.17, 15) is 4.79 Å². The van der Waals surface area contributed by atoms with Crippen molar-refractivity contribution < 1.29 is 14.3 Å². The van der Waals surface area contributed by atoms with Gasteiger partial charge in [-0.15, -0.1) is 0 Å². The molecule has 24 heavy (non-hydrogen) atoms. The second-order valence-corrected chi connectivity index (χ2v) is 6.46. The molecule has 3 rings (SSSR count). The number of hydrogen-bond donors (Lipinski definition) is 1. The molecule has 6 nitrogen and oxygen atoms in total. The number of nitrogens with zero attached hydrogens (tertiary/aromatic N) is 2. The van der Waals surface area contributed by atoms with Gasteiger partial charge in [-0.2, -0.15) is 0 Å². The molecule has 0 radical (unpaired) electrons. The molecule has 0 atom stereocenters. The van der Waals surface area contributed by atoms with E-state index < -0.39 is 0 Å². The first-order chi connectivity index (χ1) is 11.7. The van der Waals surface area contributed by atoms with Crippen LogP contribution in [0.3, 0.4) is 0 Å². The molecule has 1 saturated carbocycles. The van der Waals surface area contributed by atoms with Crippen molar-refractivity contribution in [2.45, 2.75) is 31.7 Å². The van der Waals surface area contributed by atoms with Gasteiger partial charge in [0.15, 0.2) is 0 Å². The first-order valence-electron chi connectivity index (χ1n) is 8.73. The van der Waals surface area contributed by atoms with E-state index >= 15 is 0 Å². The van der Waals surface area contributed by atoms with Crippen LogP contribution in [-0.2, 0) is 0 Å². The van der Waals surface area contributed by atoms with Gasteiger partial charge in [-0.3, -0.25) is 4.90 Å². The normalized spacial score (nSPS) is 19.3. The highest BCUT2D eigenvalue weighted by atomic mass is 16.5. The van der Waals surface area contributed by atoms with Crippen LogP contribution in [0.2, 0.25) is 0 Å². The lowest BCUT2D eigenvalue weighted by Gasteiger charge is -2.38. The van der Waals surface area contributed by atoms with Crippen LogP contribution < -0.4 is 14.8 Å². The summed E-state index contributed by atoms with van der Waals surface area (Å²) in [5.41, 5.74) is 0.639. The van der Waals surface area contributed by atoms with E-state index in [1.807, 2.05) is 11.0 Å². The van der Waals surface area contributed by atoms with Crippen LogP contribution in [0.4, 0.5) is 10.5 Å². The molecule has 1 heterocycles. The van der Waals surface area contributed by atoms with Gasteiger partial charge in [0.05, 0.1) is 19.9 Å². The van der Waals surface area contributed by atoms with Crippen LogP contribution in [0.1, 0.15) is 25.7 Å². The molecule has 2 aliphatic rings. The van der Waals surface area contributed by atoms with Gasteiger partial charge < -0.3 is 19.7 Å². The molecule has 1 aromatic carbocycles. The molecule has 6 heteroatoms. The lowest BCUT2D eigenvalue weighted by molar-refractivity contribution is 0.115. The first kappa shape index (κ1) is 16.9. The summed E-state index contributed by atoms with van der Waals surface area (Å²) in [6.45, 7) is 3.48. The van der Waals surface area contributed by atoms with E-state index in [-0.39, 0.29) is 6.03 Å². The molecule has 1 aromatic rings. The van der Waals surface area contributed by atoms with Gasteiger partial charge in [0, 0.05) is 38.3 Å². The van der Waals surface area contributed by atoms with Gasteiger partial charge in [-0.1, -0.05) is 12.8 Å². The summed E-state index contributed by atoms with van der Waals surface area (Å²) in [6, 6.07) is 6.05. The number of hydrogen-bond acceptors (Lipinski definition) is 4. The molecule has 0 aromatic heterocycles. The lowest BCUT2D eigenvalue weighted by atomic mass is 10.2. The van der Waals surface area contributed by atoms with Crippen LogP contribution in [0.25, 0.3) is 0 Å². The lowest BCUT2D eigenvalue weighted by Crippen LogP contribution is -2.52. The number of ether oxygens (including phenoxy) is 2. The summed E-state index contributed by atoms with van der Waals surface area (Å²) < 4.78 is 10.5. The molecular weight excluding hydrogens is 306 g/mol. The number of carbonyl (C=O) groups excluding carboxylic acids is 1. The molecule has 1 N–H and O–H groups in total. The van der Waals surface area contributed by atoms with Gasteiger partial charge in [-0.25, -0.2) is 4.79 Å². The van der Waals surface area contributed by atoms with Gasteiger partial charge in [0.2, 0.25) is 0 Å². The highest BCUT2D eigenvalue weighted by molar-refractivity contribution is 5.91. The summed E-state index contributed by atoms with van der Waals surface area (Å²) in [6.07, 6.45) is 5.32. The van der Waals surface area contributed by atoms with Crippen molar-refractivity contribution in [1.82, 2.24) is 9.80 Å². The maximum absolute atomic E-state index is 12.6. The number of urea groups is 1. The Balaban J connectivity index is 1.57.